The summed E-state index contributed by atoms with van der Waals surface area (Å²) in [5, 5.41) is 0. The molecule has 1 aliphatic heterocycles. The minimum atomic E-state index is 0.270. The van der Waals surface area contributed by atoms with E-state index in [4.69, 9.17) is 5.73 Å². The second-order valence-electron chi connectivity index (χ2n) is 9.38. The molecule has 2 unspecified atom stereocenters. The molecule has 2 N–H and O–H groups in total. The Hall–Kier alpha value is -0.0800. The zero-order chi connectivity index (χ0) is 15.2. The van der Waals surface area contributed by atoms with Gasteiger partial charge >= 0.3 is 0 Å². The van der Waals surface area contributed by atoms with Crippen molar-refractivity contribution in [2.24, 2.45) is 28.4 Å². The molecule has 118 valence electrons. The molecule has 1 saturated carbocycles. The molecule has 2 rings (SSSR count). The molecule has 2 fully saturated rings. The number of rotatable bonds is 2. The molecule has 2 heteroatoms. The van der Waals surface area contributed by atoms with Crippen molar-refractivity contribution in [3.63, 3.8) is 0 Å². The summed E-state index contributed by atoms with van der Waals surface area (Å²) in [6.45, 7) is 17.8. The highest BCUT2D eigenvalue weighted by atomic mass is 15.2. The first-order valence-corrected chi connectivity index (χ1v) is 8.56. The van der Waals surface area contributed by atoms with Crippen LogP contribution in [0.4, 0.5) is 0 Å². The quantitative estimate of drug-likeness (QED) is 0.831. The van der Waals surface area contributed by atoms with E-state index in [9.17, 15) is 0 Å². The lowest BCUT2D eigenvalue weighted by molar-refractivity contribution is 0.00821. The van der Waals surface area contributed by atoms with Gasteiger partial charge in [-0.15, -0.1) is 0 Å². The van der Waals surface area contributed by atoms with E-state index in [-0.39, 0.29) is 5.54 Å². The van der Waals surface area contributed by atoms with Crippen LogP contribution < -0.4 is 5.73 Å². The van der Waals surface area contributed by atoms with Gasteiger partial charge < -0.3 is 5.73 Å². The van der Waals surface area contributed by atoms with E-state index in [2.05, 4.69) is 46.4 Å². The van der Waals surface area contributed by atoms with Gasteiger partial charge in [-0.3, -0.25) is 4.90 Å². The first-order valence-electron chi connectivity index (χ1n) is 8.56. The van der Waals surface area contributed by atoms with E-state index in [1.165, 1.54) is 38.8 Å². The van der Waals surface area contributed by atoms with E-state index in [0.29, 0.717) is 10.8 Å². The van der Waals surface area contributed by atoms with Crippen LogP contribution in [0.3, 0.4) is 0 Å². The molecule has 2 aliphatic rings. The SMILES string of the molecule is CC1CC(C)(C)CC1(CN)N1CCC(C(C)(C)C)CC1. The first-order chi connectivity index (χ1) is 9.11. The van der Waals surface area contributed by atoms with Gasteiger partial charge in [0.2, 0.25) is 0 Å². The third-order valence-electron chi connectivity index (χ3n) is 6.26. The smallest absolute Gasteiger partial charge is 0.0362 e. The summed E-state index contributed by atoms with van der Waals surface area (Å²) in [5.74, 6) is 1.60. The Kier molecular flexibility index (Phi) is 4.30. The molecule has 0 amide bonds. The average molecular weight is 280 g/mol. The van der Waals surface area contributed by atoms with Gasteiger partial charge in [-0.05, 0) is 61.4 Å². The predicted octanol–water partition coefficient (Wildman–Crippen LogP) is 3.90. The summed E-state index contributed by atoms with van der Waals surface area (Å²) >= 11 is 0. The Morgan fingerprint density at radius 1 is 1.15 bits per heavy atom. The van der Waals surface area contributed by atoms with Crippen molar-refractivity contribution in [1.82, 2.24) is 4.90 Å². The highest BCUT2D eigenvalue weighted by molar-refractivity contribution is 5.07. The number of piperidine rings is 1. The largest absolute Gasteiger partial charge is 0.329 e. The Morgan fingerprint density at radius 3 is 2.05 bits per heavy atom. The van der Waals surface area contributed by atoms with Gasteiger partial charge in [-0.25, -0.2) is 0 Å². The Balaban J connectivity index is 2.08. The van der Waals surface area contributed by atoms with Crippen LogP contribution in [0.1, 0.15) is 67.2 Å². The molecule has 1 heterocycles. The van der Waals surface area contributed by atoms with Gasteiger partial charge in [0.05, 0.1) is 0 Å². The number of likely N-dealkylation sites (tertiary alicyclic amines) is 1. The zero-order valence-corrected chi connectivity index (χ0v) is 14.6. The molecule has 0 aromatic heterocycles. The summed E-state index contributed by atoms with van der Waals surface area (Å²) in [5.41, 5.74) is 7.48. The van der Waals surface area contributed by atoms with Gasteiger partial charge in [0.1, 0.15) is 0 Å². The molecule has 2 atom stereocenters. The second kappa shape index (κ2) is 5.28. The maximum Gasteiger partial charge on any atom is 0.0362 e. The molecule has 2 nitrogen and oxygen atoms in total. The minimum absolute atomic E-state index is 0.270. The molecule has 0 aromatic carbocycles. The van der Waals surface area contributed by atoms with E-state index in [0.717, 1.165) is 18.4 Å². The van der Waals surface area contributed by atoms with Crippen molar-refractivity contribution in [2.45, 2.75) is 72.8 Å². The summed E-state index contributed by atoms with van der Waals surface area (Å²) in [6, 6.07) is 0. The van der Waals surface area contributed by atoms with Crippen LogP contribution in [-0.2, 0) is 0 Å². The number of nitrogens with zero attached hydrogens (tertiary/aromatic N) is 1. The van der Waals surface area contributed by atoms with Crippen LogP contribution in [0.25, 0.3) is 0 Å². The van der Waals surface area contributed by atoms with Crippen molar-refractivity contribution in [1.29, 1.82) is 0 Å². The average Bonchev–Trinajstić information content (AvgIpc) is 2.58. The summed E-state index contributed by atoms with van der Waals surface area (Å²) in [6.07, 6.45) is 5.29. The number of nitrogens with two attached hydrogens (primary N) is 1. The maximum atomic E-state index is 6.29. The lowest BCUT2D eigenvalue weighted by atomic mass is 9.73. The summed E-state index contributed by atoms with van der Waals surface area (Å²) in [4.78, 5) is 2.76. The zero-order valence-electron chi connectivity index (χ0n) is 14.6. The van der Waals surface area contributed by atoms with Gasteiger partial charge in [0.25, 0.3) is 0 Å². The molecule has 20 heavy (non-hydrogen) atoms. The van der Waals surface area contributed by atoms with E-state index in [1.54, 1.807) is 0 Å². The van der Waals surface area contributed by atoms with Gasteiger partial charge in [0.15, 0.2) is 0 Å². The highest BCUT2D eigenvalue weighted by Crippen LogP contribution is 2.51. The van der Waals surface area contributed by atoms with E-state index >= 15 is 0 Å². The molecular formula is C18H36N2. The molecule has 0 aromatic rings. The second-order valence-corrected chi connectivity index (χ2v) is 9.38. The fraction of sp³-hybridized carbons (Fsp3) is 1.00. The number of hydrogen-bond donors (Lipinski definition) is 1. The van der Waals surface area contributed by atoms with Gasteiger partial charge in [-0.1, -0.05) is 41.5 Å². The lowest BCUT2D eigenvalue weighted by Gasteiger charge is -2.49. The monoisotopic (exact) mass is 280 g/mol. The number of hydrogen-bond acceptors (Lipinski definition) is 2. The topological polar surface area (TPSA) is 29.3 Å². The lowest BCUT2D eigenvalue weighted by Crippen LogP contribution is -2.58. The van der Waals surface area contributed by atoms with Crippen molar-refractivity contribution in [3.8, 4) is 0 Å². The van der Waals surface area contributed by atoms with Crippen LogP contribution in [-0.4, -0.2) is 30.1 Å². The van der Waals surface area contributed by atoms with Crippen molar-refractivity contribution >= 4 is 0 Å². The van der Waals surface area contributed by atoms with Crippen LogP contribution in [0.5, 0.6) is 0 Å². The van der Waals surface area contributed by atoms with Crippen LogP contribution in [0.2, 0.25) is 0 Å². The minimum Gasteiger partial charge on any atom is -0.329 e. The highest BCUT2D eigenvalue weighted by Gasteiger charge is 2.51. The van der Waals surface area contributed by atoms with Crippen LogP contribution >= 0.6 is 0 Å². The fourth-order valence-electron chi connectivity index (χ4n) is 5.11. The van der Waals surface area contributed by atoms with E-state index in [1.807, 2.05) is 0 Å². The normalized spacial score (nSPS) is 36.5. The summed E-state index contributed by atoms with van der Waals surface area (Å²) < 4.78 is 0. The van der Waals surface area contributed by atoms with Gasteiger partial charge in [-0.2, -0.15) is 0 Å². The van der Waals surface area contributed by atoms with Crippen molar-refractivity contribution in [2.75, 3.05) is 19.6 Å². The van der Waals surface area contributed by atoms with Gasteiger partial charge in [0, 0.05) is 12.1 Å². The van der Waals surface area contributed by atoms with Crippen LogP contribution in [0.15, 0.2) is 0 Å². The Bertz CT molecular complexity index is 334. The van der Waals surface area contributed by atoms with Crippen LogP contribution in [0, 0.1) is 22.7 Å². The summed E-state index contributed by atoms with van der Waals surface area (Å²) in [7, 11) is 0. The third kappa shape index (κ3) is 2.92. The fourth-order valence-corrected chi connectivity index (χ4v) is 5.11. The first kappa shape index (κ1) is 16.3. The van der Waals surface area contributed by atoms with E-state index < -0.39 is 0 Å². The standard InChI is InChI=1S/C18H36N2/c1-14-11-17(5,6)12-18(14,13-19)20-9-7-15(8-10-20)16(2,3)4/h14-15H,7-13,19H2,1-6H3. The molecule has 0 spiro atoms. The predicted molar refractivity (Wildman–Crippen MR) is 87.7 cm³/mol. The Labute approximate surface area is 126 Å². The molecule has 1 aliphatic carbocycles. The Morgan fingerprint density at radius 2 is 1.70 bits per heavy atom. The van der Waals surface area contributed by atoms with Crippen molar-refractivity contribution < 1.29 is 0 Å². The third-order valence-corrected chi connectivity index (χ3v) is 6.26. The molecule has 0 bridgehead atoms. The molecular weight excluding hydrogens is 244 g/mol. The molecule has 1 saturated heterocycles. The maximum absolute atomic E-state index is 6.29. The van der Waals surface area contributed by atoms with Crippen molar-refractivity contribution in [3.05, 3.63) is 0 Å². The molecule has 0 radical (unpaired) electrons.